The van der Waals surface area contributed by atoms with Crippen molar-refractivity contribution in [1.82, 2.24) is 4.90 Å². The molecule has 0 heterocycles. The summed E-state index contributed by atoms with van der Waals surface area (Å²) in [5, 5.41) is 0. The monoisotopic (exact) mass is 313 g/mol. The van der Waals surface area contributed by atoms with Gasteiger partial charge in [-0.15, -0.1) is 0 Å². The van der Waals surface area contributed by atoms with E-state index in [4.69, 9.17) is 5.73 Å². The second-order valence-electron chi connectivity index (χ2n) is 4.90. The first kappa shape index (κ1) is 15.5. The summed E-state index contributed by atoms with van der Waals surface area (Å²) >= 11 is 3.65. The highest BCUT2D eigenvalue weighted by Gasteiger charge is 2.06. The van der Waals surface area contributed by atoms with Gasteiger partial charge in [-0.05, 0) is 73.7 Å². The molecule has 0 bridgehead atoms. The van der Waals surface area contributed by atoms with Gasteiger partial charge in [0.15, 0.2) is 0 Å². The van der Waals surface area contributed by atoms with Gasteiger partial charge in [0.2, 0.25) is 0 Å². The van der Waals surface area contributed by atoms with Crippen LogP contribution in [-0.4, -0.2) is 45.7 Å². The Kier molecular flexibility index (Phi) is 6.68. The Morgan fingerprint density at radius 3 is 2.44 bits per heavy atom. The lowest BCUT2D eigenvalue weighted by Crippen LogP contribution is -2.23. The fraction of sp³-hybridized carbons (Fsp3) is 0.571. The van der Waals surface area contributed by atoms with Gasteiger partial charge in [-0.1, -0.05) is 6.07 Å². The lowest BCUT2D eigenvalue weighted by molar-refractivity contribution is 0.401. The van der Waals surface area contributed by atoms with Crippen molar-refractivity contribution in [2.45, 2.75) is 12.8 Å². The molecule has 0 aliphatic carbocycles. The molecule has 0 aliphatic rings. The topological polar surface area (TPSA) is 32.5 Å². The second kappa shape index (κ2) is 7.77. The maximum Gasteiger partial charge on any atom is 0.0508 e. The van der Waals surface area contributed by atoms with Crippen LogP contribution in [-0.2, 0) is 6.42 Å². The fourth-order valence-electron chi connectivity index (χ4n) is 1.93. The lowest BCUT2D eigenvalue weighted by atomic mass is 10.1. The van der Waals surface area contributed by atoms with E-state index in [-0.39, 0.29) is 0 Å². The van der Waals surface area contributed by atoms with E-state index < -0.39 is 0 Å². The quantitative estimate of drug-likeness (QED) is 0.838. The summed E-state index contributed by atoms with van der Waals surface area (Å²) in [7, 11) is 6.35. The summed E-state index contributed by atoms with van der Waals surface area (Å²) in [6, 6.07) is 6.50. The Morgan fingerprint density at radius 2 is 1.89 bits per heavy atom. The molecule has 3 nitrogen and oxygen atoms in total. The van der Waals surface area contributed by atoms with Crippen molar-refractivity contribution in [2.75, 3.05) is 45.7 Å². The van der Waals surface area contributed by atoms with Crippen LogP contribution in [0.2, 0.25) is 0 Å². The van der Waals surface area contributed by atoms with Gasteiger partial charge < -0.3 is 15.5 Å². The minimum atomic E-state index is 0.699. The van der Waals surface area contributed by atoms with E-state index in [1.54, 1.807) is 0 Å². The standard InChI is InChI=1S/C14H24BrN3/c1-17(2)9-4-10-18(3)14-6-5-12(7-8-16)11-13(14)15/h5-6,11H,4,7-10,16H2,1-3H3. The Hall–Kier alpha value is -0.580. The number of anilines is 1. The molecule has 0 radical (unpaired) electrons. The lowest BCUT2D eigenvalue weighted by Gasteiger charge is -2.22. The average molecular weight is 314 g/mol. The number of nitrogens with two attached hydrogens (primary N) is 1. The van der Waals surface area contributed by atoms with Crippen LogP contribution >= 0.6 is 15.9 Å². The van der Waals surface area contributed by atoms with Gasteiger partial charge >= 0.3 is 0 Å². The first-order chi connectivity index (χ1) is 8.54. The molecule has 2 N–H and O–H groups in total. The predicted octanol–water partition coefficient (Wildman–Crippen LogP) is 2.34. The van der Waals surface area contributed by atoms with Crippen molar-refractivity contribution in [2.24, 2.45) is 5.73 Å². The zero-order chi connectivity index (χ0) is 13.5. The molecule has 0 saturated carbocycles. The van der Waals surface area contributed by atoms with E-state index in [1.165, 1.54) is 17.7 Å². The van der Waals surface area contributed by atoms with Crippen LogP contribution < -0.4 is 10.6 Å². The molecule has 18 heavy (non-hydrogen) atoms. The van der Waals surface area contributed by atoms with E-state index in [9.17, 15) is 0 Å². The summed E-state index contributed by atoms with van der Waals surface area (Å²) in [6.45, 7) is 2.88. The smallest absolute Gasteiger partial charge is 0.0508 e. The molecule has 0 spiro atoms. The third-order valence-corrected chi connectivity index (χ3v) is 3.59. The van der Waals surface area contributed by atoms with Gasteiger partial charge in [-0.25, -0.2) is 0 Å². The third-order valence-electron chi connectivity index (χ3n) is 2.96. The molecule has 0 saturated heterocycles. The minimum absolute atomic E-state index is 0.699. The van der Waals surface area contributed by atoms with Crippen molar-refractivity contribution in [3.63, 3.8) is 0 Å². The molecule has 102 valence electrons. The van der Waals surface area contributed by atoms with Crippen molar-refractivity contribution in [3.05, 3.63) is 28.2 Å². The Morgan fingerprint density at radius 1 is 1.17 bits per heavy atom. The van der Waals surface area contributed by atoms with Gasteiger partial charge in [0.25, 0.3) is 0 Å². The van der Waals surface area contributed by atoms with Crippen LogP contribution in [0.1, 0.15) is 12.0 Å². The number of hydrogen-bond donors (Lipinski definition) is 1. The van der Waals surface area contributed by atoms with Crippen LogP contribution in [0.3, 0.4) is 0 Å². The predicted molar refractivity (Wildman–Crippen MR) is 83.3 cm³/mol. The largest absolute Gasteiger partial charge is 0.374 e. The highest BCUT2D eigenvalue weighted by atomic mass is 79.9. The van der Waals surface area contributed by atoms with Crippen LogP contribution in [0.4, 0.5) is 5.69 Å². The summed E-state index contributed by atoms with van der Waals surface area (Å²) in [5.74, 6) is 0. The maximum absolute atomic E-state index is 5.57. The Labute approximate surface area is 119 Å². The molecule has 1 rings (SSSR count). The van der Waals surface area contributed by atoms with Crippen LogP contribution in [0.15, 0.2) is 22.7 Å². The van der Waals surface area contributed by atoms with E-state index in [0.29, 0.717) is 6.54 Å². The van der Waals surface area contributed by atoms with E-state index in [2.05, 4.69) is 65.1 Å². The van der Waals surface area contributed by atoms with Gasteiger partial charge in [-0.3, -0.25) is 0 Å². The van der Waals surface area contributed by atoms with Gasteiger partial charge in [0, 0.05) is 18.1 Å². The zero-order valence-electron chi connectivity index (χ0n) is 11.6. The first-order valence-electron chi connectivity index (χ1n) is 6.39. The molecular formula is C14H24BrN3. The number of nitrogens with zero attached hydrogens (tertiary/aromatic N) is 2. The van der Waals surface area contributed by atoms with Crippen LogP contribution in [0.25, 0.3) is 0 Å². The molecule has 0 atom stereocenters. The normalized spacial score (nSPS) is 11.0. The number of hydrogen-bond acceptors (Lipinski definition) is 3. The van der Waals surface area contributed by atoms with Crippen LogP contribution in [0, 0.1) is 0 Å². The number of halogens is 1. The zero-order valence-corrected chi connectivity index (χ0v) is 13.2. The summed E-state index contributed by atoms with van der Waals surface area (Å²) in [6.07, 6.45) is 2.10. The molecule has 0 unspecified atom stereocenters. The molecule has 1 aromatic carbocycles. The molecule has 0 aromatic heterocycles. The molecule has 0 fully saturated rings. The third kappa shape index (κ3) is 4.96. The Balaban J connectivity index is 2.59. The number of rotatable bonds is 7. The van der Waals surface area contributed by atoms with E-state index >= 15 is 0 Å². The van der Waals surface area contributed by atoms with Gasteiger partial charge in [-0.2, -0.15) is 0 Å². The average Bonchev–Trinajstić information content (AvgIpc) is 2.28. The van der Waals surface area contributed by atoms with Gasteiger partial charge in [0.1, 0.15) is 0 Å². The molecule has 0 aliphatic heterocycles. The summed E-state index contributed by atoms with van der Waals surface area (Å²) in [5.41, 5.74) is 8.10. The van der Waals surface area contributed by atoms with Crippen molar-refractivity contribution >= 4 is 21.6 Å². The number of benzene rings is 1. The molecule has 4 heteroatoms. The highest BCUT2D eigenvalue weighted by Crippen LogP contribution is 2.26. The second-order valence-corrected chi connectivity index (χ2v) is 5.76. The van der Waals surface area contributed by atoms with E-state index in [1.807, 2.05) is 0 Å². The maximum atomic E-state index is 5.57. The van der Waals surface area contributed by atoms with Crippen molar-refractivity contribution in [1.29, 1.82) is 0 Å². The highest BCUT2D eigenvalue weighted by molar-refractivity contribution is 9.10. The molecule has 1 aromatic rings. The molecular weight excluding hydrogens is 290 g/mol. The van der Waals surface area contributed by atoms with Gasteiger partial charge in [0.05, 0.1) is 5.69 Å². The summed E-state index contributed by atoms with van der Waals surface area (Å²) in [4.78, 5) is 4.51. The van der Waals surface area contributed by atoms with Crippen molar-refractivity contribution < 1.29 is 0 Å². The SMILES string of the molecule is CN(C)CCCN(C)c1ccc(CCN)cc1Br. The fourth-order valence-corrected chi connectivity index (χ4v) is 2.66. The van der Waals surface area contributed by atoms with E-state index in [0.717, 1.165) is 24.0 Å². The first-order valence-corrected chi connectivity index (χ1v) is 7.18. The van der Waals surface area contributed by atoms with Crippen molar-refractivity contribution in [3.8, 4) is 0 Å². The molecule has 0 amide bonds. The minimum Gasteiger partial charge on any atom is -0.374 e. The Bertz CT molecular complexity index is 366. The van der Waals surface area contributed by atoms with Crippen LogP contribution in [0.5, 0.6) is 0 Å². The summed E-state index contributed by atoms with van der Waals surface area (Å²) < 4.78 is 1.15.